The fraction of sp³-hybridized carbons (Fsp3) is 0.367. The number of anilines is 2. The SMILES string of the molecule is c1ccc(Cc2nnc(N3CCN(c4ccc(CNC5CCOCC5)cn4)CC3)c3ccccc23)cc1. The number of rotatable bonds is 7. The lowest BCUT2D eigenvalue weighted by molar-refractivity contribution is 0.0776. The van der Waals surface area contributed by atoms with E-state index in [1.807, 2.05) is 12.3 Å². The van der Waals surface area contributed by atoms with Crippen molar-refractivity contribution >= 4 is 22.4 Å². The first kappa shape index (κ1) is 23.8. The van der Waals surface area contributed by atoms with Crippen LogP contribution in [0.25, 0.3) is 10.8 Å². The molecule has 2 aliphatic rings. The van der Waals surface area contributed by atoms with Crippen LogP contribution in [-0.2, 0) is 17.7 Å². The van der Waals surface area contributed by atoms with Gasteiger partial charge in [-0.15, -0.1) is 5.10 Å². The van der Waals surface area contributed by atoms with Gasteiger partial charge in [0.1, 0.15) is 5.82 Å². The van der Waals surface area contributed by atoms with Crippen LogP contribution in [0.3, 0.4) is 0 Å². The highest BCUT2D eigenvalue weighted by molar-refractivity contribution is 5.93. The van der Waals surface area contributed by atoms with Crippen molar-refractivity contribution in [1.82, 2.24) is 20.5 Å². The molecule has 7 heteroatoms. The first-order valence-electron chi connectivity index (χ1n) is 13.4. The number of pyridine rings is 1. The molecule has 0 aliphatic carbocycles. The van der Waals surface area contributed by atoms with E-state index in [1.54, 1.807) is 0 Å². The van der Waals surface area contributed by atoms with Crippen LogP contribution in [0.4, 0.5) is 11.6 Å². The lowest BCUT2D eigenvalue weighted by Gasteiger charge is -2.36. The Labute approximate surface area is 218 Å². The van der Waals surface area contributed by atoms with E-state index in [9.17, 15) is 0 Å². The number of nitrogens with zero attached hydrogens (tertiary/aromatic N) is 5. The quantitative estimate of drug-likeness (QED) is 0.413. The molecule has 2 saturated heterocycles. The zero-order valence-corrected chi connectivity index (χ0v) is 21.2. The molecule has 0 radical (unpaired) electrons. The van der Waals surface area contributed by atoms with E-state index >= 15 is 0 Å². The van der Waals surface area contributed by atoms with Crippen LogP contribution in [0, 0.1) is 0 Å². The van der Waals surface area contributed by atoms with Gasteiger partial charge in [-0.1, -0.05) is 60.7 Å². The zero-order valence-electron chi connectivity index (χ0n) is 21.2. The number of fused-ring (bicyclic) bond motifs is 1. The van der Waals surface area contributed by atoms with E-state index in [0.717, 1.165) is 82.5 Å². The van der Waals surface area contributed by atoms with Crippen LogP contribution in [0.1, 0.15) is 29.7 Å². The van der Waals surface area contributed by atoms with Crippen molar-refractivity contribution in [3.8, 4) is 0 Å². The van der Waals surface area contributed by atoms with E-state index in [1.165, 1.54) is 21.9 Å². The lowest BCUT2D eigenvalue weighted by atomic mass is 10.0. The Morgan fingerprint density at radius 1 is 0.757 bits per heavy atom. The van der Waals surface area contributed by atoms with Gasteiger partial charge < -0.3 is 19.9 Å². The minimum absolute atomic E-state index is 0.549. The van der Waals surface area contributed by atoms with Crippen molar-refractivity contribution in [2.24, 2.45) is 0 Å². The Balaban J connectivity index is 1.10. The smallest absolute Gasteiger partial charge is 0.159 e. The van der Waals surface area contributed by atoms with E-state index < -0.39 is 0 Å². The summed E-state index contributed by atoms with van der Waals surface area (Å²) >= 11 is 0. The predicted molar refractivity (Wildman–Crippen MR) is 148 cm³/mol. The van der Waals surface area contributed by atoms with Gasteiger partial charge in [-0.25, -0.2) is 4.98 Å². The second kappa shape index (κ2) is 11.2. The summed E-state index contributed by atoms with van der Waals surface area (Å²) in [7, 11) is 0. The summed E-state index contributed by atoms with van der Waals surface area (Å²) in [5.41, 5.74) is 3.51. The summed E-state index contributed by atoms with van der Waals surface area (Å²) in [5.74, 6) is 2.03. The topological polar surface area (TPSA) is 66.4 Å². The number of aromatic nitrogens is 3. The highest BCUT2D eigenvalue weighted by Gasteiger charge is 2.22. The Morgan fingerprint density at radius 2 is 1.49 bits per heavy atom. The zero-order chi connectivity index (χ0) is 24.9. The summed E-state index contributed by atoms with van der Waals surface area (Å²) in [6, 6.07) is 23.9. The Kier molecular flexibility index (Phi) is 7.23. The number of hydrogen-bond donors (Lipinski definition) is 1. The van der Waals surface area contributed by atoms with Gasteiger partial charge in [-0.05, 0) is 30.0 Å². The highest BCUT2D eigenvalue weighted by Crippen LogP contribution is 2.28. The number of nitrogens with one attached hydrogen (secondary N) is 1. The van der Waals surface area contributed by atoms with Crippen LogP contribution >= 0.6 is 0 Å². The molecule has 0 saturated carbocycles. The summed E-state index contributed by atoms with van der Waals surface area (Å²) in [6.45, 7) is 6.19. The van der Waals surface area contributed by atoms with Gasteiger partial charge in [-0.3, -0.25) is 0 Å². The molecule has 0 unspecified atom stereocenters. The number of hydrogen-bond acceptors (Lipinski definition) is 7. The monoisotopic (exact) mass is 494 g/mol. The molecule has 1 N–H and O–H groups in total. The van der Waals surface area contributed by atoms with Gasteiger partial charge in [0, 0.05) is 75.4 Å². The van der Waals surface area contributed by atoms with Crippen molar-refractivity contribution < 1.29 is 4.74 Å². The van der Waals surface area contributed by atoms with E-state index in [2.05, 4.69) is 80.9 Å². The first-order valence-corrected chi connectivity index (χ1v) is 13.4. The van der Waals surface area contributed by atoms with Crippen molar-refractivity contribution in [2.45, 2.75) is 31.8 Å². The van der Waals surface area contributed by atoms with Crippen molar-refractivity contribution in [3.63, 3.8) is 0 Å². The summed E-state index contributed by atoms with van der Waals surface area (Å²) < 4.78 is 5.45. The van der Waals surface area contributed by atoms with E-state index in [4.69, 9.17) is 14.8 Å². The maximum atomic E-state index is 5.45. The molecule has 2 fully saturated rings. The molecule has 6 rings (SSSR count). The van der Waals surface area contributed by atoms with Gasteiger partial charge in [0.05, 0.1) is 5.69 Å². The fourth-order valence-corrected chi connectivity index (χ4v) is 5.32. The molecule has 0 atom stereocenters. The first-order chi connectivity index (χ1) is 18.3. The summed E-state index contributed by atoms with van der Waals surface area (Å²) in [4.78, 5) is 9.51. The van der Waals surface area contributed by atoms with Gasteiger partial charge in [0.2, 0.25) is 0 Å². The van der Waals surface area contributed by atoms with Crippen LogP contribution in [0.2, 0.25) is 0 Å². The van der Waals surface area contributed by atoms with Crippen LogP contribution in [0.15, 0.2) is 72.9 Å². The third-order valence-electron chi connectivity index (χ3n) is 7.49. The summed E-state index contributed by atoms with van der Waals surface area (Å²) in [5, 5.41) is 15.4. The Hall–Kier alpha value is -3.55. The van der Waals surface area contributed by atoms with Crippen LogP contribution in [0.5, 0.6) is 0 Å². The van der Waals surface area contributed by atoms with Crippen LogP contribution < -0.4 is 15.1 Å². The molecule has 7 nitrogen and oxygen atoms in total. The number of benzene rings is 2. The average Bonchev–Trinajstić information content (AvgIpc) is 2.98. The fourth-order valence-electron chi connectivity index (χ4n) is 5.32. The molecule has 4 aromatic rings. The summed E-state index contributed by atoms with van der Waals surface area (Å²) in [6.07, 6.45) is 4.98. The van der Waals surface area contributed by atoms with Crippen LogP contribution in [-0.4, -0.2) is 60.6 Å². The Bertz CT molecular complexity index is 1300. The minimum atomic E-state index is 0.549. The number of piperazine rings is 1. The predicted octanol–water partition coefficient (Wildman–Crippen LogP) is 4.21. The average molecular weight is 495 g/mol. The standard InChI is InChI=1S/C30H34N6O/c1-2-6-23(7-3-1)20-28-26-8-4-5-9-27(26)30(34-33-28)36-16-14-35(15-17-36)29-11-10-24(22-32-29)21-31-25-12-18-37-19-13-25/h1-11,22,25,31H,12-21H2. The van der Waals surface area contributed by atoms with Gasteiger partial charge in [0.15, 0.2) is 5.82 Å². The minimum Gasteiger partial charge on any atom is -0.381 e. The molecule has 37 heavy (non-hydrogen) atoms. The highest BCUT2D eigenvalue weighted by atomic mass is 16.5. The molecule has 0 spiro atoms. The molecular weight excluding hydrogens is 460 g/mol. The van der Waals surface area contributed by atoms with Crippen molar-refractivity contribution in [3.05, 3.63) is 89.7 Å². The Morgan fingerprint density at radius 3 is 2.24 bits per heavy atom. The molecule has 0 bridgehead atoms. The maximum Gasteiger partial charge on any atom is 0.159 e. The van der Waals surface area contributed by atoms with Gasteiger partial charge >= 0.3 is 0 Å². The third kappa shape index (κ3) is 5.58. The second-order valence-corrected chi connectivity index (χ2v) is 9.94. The molecule has 190 valence electrons. The molecule has 4 heterocycles. The normalized spacial score (nSPS) is 16.9. The molecule has 2 aliphatic heterocycles. The second-order valence-electron chi connectivity index (χ2n) is 9.94. The molecule has 2 aromatic carbocycles. The number of ether oxygens (including phenoxy) is 1. The third-order valence-corrected chi connectivity index (χ3v) is 7.49. The van der Waals surface area contributed by atoms with Crippen molar-refractivity contribution in [1.29, 1.82) is 0 Å². The van der Waals surface area contributed by atoms with Gasteiger partial charge in [-0.2, -0.15) is 5.10 Å². The molecule has 2 aromatic heterocycles. The van der Waals surface area contributed by atoms with Crippen molar-refractivity contribution in [2.75, 3.05) is 49.2 Å². The molecule has 0 amide bonds. The maximum absolute atomic E-state index is 5.45. The van der Waals surface area contributed by atoms with E-state index in [-0.39, 0.29) is 0 Å². The van der Waals surface area contributed by atoms with Gasteiger partial charge in [0.25, 0.3) is 0 Å². The van der Waals surface area contributed by atoms with E-state index in [0.29, 0.717) is 6.04 Å². The molecular formula is C30H34N6O. The lowest BCUT2D eigenvalue weighted by Crippen LogP contribution is -2.47. The largest absolute Gasteiger partial charge is 0.381 e.